The molecule has 12 aromatic rings. The van der Waals surface area contributed by atoms with E-state index in [-0.39, 0.29) is 0 Å². The summed E-state index contributed by atoms with van der Waals surface area (Å²) in [5.74, 6) is 0. The van der Waals surface area contributed by atoms with Gasteiger partial charge in [-0.25, -0.2) is 0 Å². The van der Waals surface area contributed by atoms with Crippen molar-refractivity contribution in [2.75, 3.05) is 0 Å². The fraction of sp³-hybridized carbons (Fsp3) is 0. The Morgan fingerprint density at radius 1 is 0.298 bits per heavy atom. The number of nitrogens with zero attached hydrogens (tertiary/aromatic N) is 2. The lowest BCUT2D eigenvalue weighted by Crippen LogP contribution is -1.96. The SMILES string of the molecule is c1ccc(-c2cccc(-c3ccc(-c4cccc5oc6cccc(-n7c8ccccc8c8cc9c%10ccccc%10n(-c%10ccccc%10)c9cc87)c6c45)cc3)c2)cc1. The Morgan fingerprint density at radius 2 is 0.825 bits per heavy atom. The van der Waals surface area contributed by atoms with Crippen molar-refractivity contribution in [3.63, 3.8) is 0 Å². The summed E-state index contributed by atoms with van der Waals surface area (Å²) in [6, 6.07) is 74.3. The van der Waals surface area contributed by atoms with Gasteiger partial charge in [-0.15, -0.1) is 0 Å². The van der Waals surface area contributed by atoms with Gasteiger partial charge in [-0.2, -0.15) is 0 Å². The molecular formula is C54H34N2O. The Morgan fingerprint density at radius 3 is 1.54 bits per heavy atom. The second kappa shape index (κ2) is 12.5. The number of benzene rings is 9. The van der Waals surface area contributed by atoms with E-state index in [9.17, 15) is 0 Å². The van der Waals surface area contributed by atoms with Crippen LogP contribution in [0.4, 0.5) is 0 Å². The lowest BCUT2D eigenvalue weighted by Gasteiger charge is -2.12. The maximum atomic E-state index is 6.70. The van der Waals surface area contributed by atoms with Crippen molar-refractivity contribution in [3.8, 4) is 44.8 Å². The summed E-state index contributed by atoms with van der Waals surface area (Å²) >= 11 is 0. The van der Waals surface area contributed by atoms with Crippen molar-refractivity contribution in [2.45, 2.75) is 0 Å². The molecular weight excluding hydrogens is 693 g/mol. The van der Waals surface area contributed by atoms with Crippen LogP contribution in [-0.4, -0.2) is 9.13 Å². The first kappa shape index (κ1) is 31.7. The highest BCUT2D eigenvalue weighted by molar-refractivity contribution is 6.21. The second-order valence-corrected chi connectivity index (χ2v) is 14.9. The zero-order valence-electron chi connectivity index (χ0n) is 30.9. The molecule has 12 rings (SSSR count). The minimum atomic E-state index is 0.870. The molecule has 0 bridgehead atoms. The highest BCUT2D eigenvalue weighted by Gasteiger charge is 2.22. The van der Waals surface area contributed by atoms with Gasteiger partial charge in [0, 0.05) is 32.6 Å². The van der Waals surface area contributed by atoms with Gasteiger partial charge in [-0.1, -0.05) is 146 Å². The first-order valence-corrected chi connectivity index (χ1v) is 19.5. The van der Waals surface area contributed by atoms with Crippen molar-refractivity contribution in [1.82, 2.24) is 9.13 Å². The highest BCUT2D eigenvalue weighted by atomic mass is 16.3. The number of hydrogen-bond acceptors (Lipinski definition) is 1. The highest BCUT2D eigenvalue weighted by Crippen LogP contribution is 2.44. The summed E-state index contributed by atoms with van der Waals surface area (Å²) in [6.07, 6.45) is 0. The van der Waals surface area contributed by atoms with Crippen LogP contribution in [0, 0.1) is 0 Å². The molecule has 0 amide bonds. The summed E-state index contributed by atoms with van der Waals surface area (Å²) in [5.41, 5.74) is 15.8. The van der Waals surface area contributed by atoms with Crippen LogP contribution in [0.25, 0.3) is 110 Å². The Balaban J connectivity index is 1.08. The van der Waals surface area contributed by atoms with Crippen molar-refractivity contribution in [3.05, 3.63) is 206 Å². The molecule has 0 fully saturated rings. The van der Waals surface area contributed by atoms with E-state index in [1.165, 1.54) is 54.8 Å². The van der Waals surface area contributed by atoms with Gasteiger partial charge in [-0.3, -0.25) is 0 Å². The monoisotopic (exact) mass is 726 g/mol. The molecule has 3 heterocycles. The van der Waals surface area contributed by atoms with Crippen LogP contribution in [0.3, 0.4) is 0 Å². The van der Waals surface area contributed by atoms with Gasteiger partial charge >= 0.3 is 0 Å². The molecule has 0 saturated heterocycles. The molecule has 3 aromatic heterocycles. The average molecular weight is 727 g/mol. The summed E-state index contributed by atoms with van der Waals surface area (Å²) in [7, 11) is 0. The van der Waals surface area contributed by atoms with Crippen molar-refractivity contribution < 1.29 is 4.42 Å². The van der Waals surface area contributed by atoms with Crippen LogP contribution in [0.5, 0.6) is 0 Å². The first-order chi connectivity index (χ1) is 28.3. The third kappa shape index (κ3) is 4.86. The molecule has 0 aliphatic rings. The van der Waals surface area contributed by atoms with Gasteiger partial charge in [0.05, 0.1) is 33.1 Å². The molecule has 0 aliphatic heterocycles. The number of aromatic nitrogens is 2. The Labute approximate surface area is 328 Å². The van der Waals surface area contributed by atoms with E-state index in [1.807, 2.05) is 0 Å². The number of furan rings is 1. The largest absolute Gasteiger partial charge is 0.456 e. The van der Waals surface area contributed by atoms with Crippen molar-refractivity contribution >= 4 is 65.6 Å². The predicted molar refractivity (Wildman–Crippen MR) is 239 cm³/mol. The molecule has 0 spiro atoms. The standard InChI is InChI=1S/C54H34N2O/c1-3-14-35(15-4-1)38-16-11-17-39(32-38)36-28-30-37(31-29-36)41-22-12-26-51-53(41)54-48(25-13-27-52(54)57-51)56-47-24-10-8-21-43(47)45-33-44-42-20-7-9-23-46(42)55(49(44)34-50(45)56)40-18-5-2-6-19-40/h1-34H. The quantitative estimate of drug-likeness (QED) is 0.173. The first-order valence-electron chi connectivity index (χ1n) is 19.5. The summed E-state index contributed by atoms with van der Waals surface area (Å²) in [4.78, 5) is 0. The number of hydrogen-bond donors (Lipinski definition) is 0. The van der Waals surface area contributed by atoms with Gasteiger partial charge < -0.3 is 13.6 Å². The fourth-order valence-electron chi connectivity index (χ4n) is 9.17. The Bertz CT molecular complexity index is 3490. The third-order valence-electron chi connectivity index (χ3n) is 11.7. The zero-order valence-corrected chi connectivity index (χ0v) is 30.9. The van der Waals surface area contributed by atoms with Crippen LogP contribution >= 0.6 is 0 Å². The molecule has 0 N–H and O–H groups in total. The molecule has 0 atom stereocenters. The van der Waals surface area contributed by atoms with E-state index >= 15 is 0 Å². The molecule has 3 nitrogen and oxygen atoms in total. The van der Waals surface area contributed by atoms with Crippen LogP contribution < -0.4 is 0 Å². The number of fused-ring (bicyclic) bond motifs is 9. The molecule has 266 valence electrons. The van der Waals surface area contributed by atoms with Gasteiger partial charge in [0.2, 0.25) is 0 Å². The minimum Gasteiger partial charge on any atom is -0.456 e. The van der Waals surface area contributed by atoms with E-state index < -0.39 is 0 Å². The smallest absolute Gasteiger partial charge is 0.137 e. The fourth-order valence-corrected chi connectivity index (χ4v) is 9.17. The number of para-hydroxylation sites is 3. The van der Waals surface area contributed by atoms with E-state index in [0.717, 1.165) is 55.5 Å². The van der Waals surface area contributed by atoms with Crippen LogP contribution in [-0.2, 0) is 0 Å². The molecule has 0 aliphatic carbocycles. The van der Waals surface area contributed by atoms with Crippen molar-refractivity contribution in [1.29, 1.82) is 0 Å². The normalized spacial score (nSPS) is 11.9. The Hall–Kier alpha value is -7.62. The third-order valence-corrected chi connectivity index (χ3v) is 11.7. The van der Waals surface area contributed by atoms with Gasteiger partial charge in [-0.05, 0) is 94.0 Å². The molecule has 3 heteroatoms. The van der Waals surface area contributed by atoms with E-state index in [0.29, 0.717) is 0 Å². The number of rotatable bonds is 5. The maximum Gasteiger partial charge on any atom is 0.137 e. The van der Waals surface area contributed by atoms with E-state index in [4.69, 9.17) is 4.42 Å². The van der Waals surface area contributed by atoms with Gasteiger partial charge in [0.1, 0.15) is 11.2 Å². The predicted octanol–water partition coefficient (Wildman–Crippen LogP) is 14.8. The minimum absolute atomic E-state index is 0.870. The summed E-state index contributed by atoms with van der Waals surface area (Å²) in [5, 5.41) is 7.17. The van der Waals surface area contributed by atoms with Crippen molar-refractivity contribution in [2.24, 2.45) is 0 Å². The van der Waals surface area contributed by atoms with Gasteiger partial charge in [0.15, 0.2) is 0 Å². The zero-order chi connectivity index (χ0) is 37.5. The molecule has 0 unspecified atom stereocenters. The molecule has 0 saturated carbocycles. The topological polar surface area (TPSA) is 23.0 Å². The van der Waals surface area contributed by atoms with Crippen LogP contribution in [0.2, 0.25) is 0 Å². The van der Waals surface area contributed by atoms with Crippen LogP contribution in [0.15, 0.2) is 211 Å². The Kier molecular flexibility index (Phi) is 6.93. The van der Waals surface area contributed by atoms with E-state index in [2.05, 4.69) is 215 Å². The lowest BCUT2D eigenvalue weighted by molar-refractivity contribution is 0.669. The van der Waals surface area contributed by atoms with Crippen LogP contribution in [0.1, 0.15) is 0 Å². The average Bonchev–Trinajstić information content (AvgIpc) is 3.94. The lowest BCUT2D eigenvalue weighted by atomic mass is 9.95. The molecule has 0 radical (unpaired) electrons. The molecule has 9 aromatic carbocycles. The van der Waals surface area contributed by atoms with E-state index in [1.54, 1.807) is 0 Å². The summed E-state index contributed by atoms with van der Waals surface area (Å²) < 4.78 is 11.6. The maximum absolute atomic E-state index is 6.70. The summed E-state index contributed by atoms with van der Waals surface area (Å²) in [6.45, 7) is 0. The van der Waals surface area contributed by atoms with Gasteiger partial charge in [0.25, 0.3) is 0 Å². The second-order valence-electron chi connectivity index (χ2n) is 14.9. The molecule has 57 heavy (non-hydrogen) atoms.